The molecule has 100 valence electrons. The van der Waals surface area contributed by atoms with Crippen molar-refractivity contribution in [1.29, 1.82) is 0 Å². The van der Waals surface area contributed by atoms with Crippen molar-refractivity contribution < 1.29 is 14.6 Å². The van der Waals surface area contributed by atoms with Gasteiger partial charge in [0.1, 0.15) is 0 Å². The number of aliphatic carboxylic acids is 1. The third kappa shape index (κ3) is 3.96. The van der Waals surface area contributed by atoms with E-state index >= 15 is 0 Å². The van der Waals surface area contributed by atoms with Crippen molar-refractivity contribution in [2.75, 3.05) is 19.6 Å². The number of hydrogen-bond acceptors (Lipinski definition) is 3. The molecule has 4 nitrogen and oxygen atoms in total. The first-order valence-electron chi connectivity index (χ1n) is 6.48. The average Bonchev–Trinajstić information content (AvgIpc) is 2.15. The predicted octanol–water partition coefficient (Wildman–Crippen LogP) is 1.99. The molecule has 1 aliphatic rings. The highest BCUT2D eigenvalue weighted by Crippen LogP contribution is 2.26. The second-order valence-corrected chi connectivity index (χ2v) is 5.57. The summed E-state index contributed by atoms with van der Waals surface area (Å²) in [5.74, 6) is -0.689. The van der Waals surface area contributed by atoms with Crippen LogP contribution in [0.4, 0.5) is 0 Å². The lowest BCUT2D eigenvalue weighted by atomic mass is 9.85. The van der Waals surface area contributed by atoms with Crippen molar-refractivity contribution in [3.05, 3.63) is 0 Å². The second-order valence-electron chi connectivity index (χ2n) is 5.57. The summed E-state index contributed by atoms with van der Waals surface area (Å²) in [5, 5.41) is 9.37. The van der Waals surface area contributed by atoms with Crippen LogP contribution in [0.3, 0.4) is 0 Å². The van der Waals surface area contributed by atoms with Crippen LogP contribution in [0.15, 0.2) is 0 Å². The van der Waals surface area contributed by atoms with Gasteiger partial charge in [0.25, 0.3) is 0 Å². The summed E-state index contributed by atoms with van der Waals surface area (Å²) in [6.07, 6.45) is 2.01. The zero-order valence-electron chi connectivity index (χ0n) is 11.4. The molecule has 1 aliphatic heterocycles. The molecular weight excluding hydrogens is 218 g/mol. The first kappa shape index (κ1) is 14.5. The molecule has 1 fully saturated rings. The van der Waals surface area contributed by atoms with Crippen LogP contribution in [-0.4, -0.2) is 47.8 Å². The number of nitrogens with zero attached hydrogens (tertiary/aromatic N) is 1. The van der Waals surface area contributed by atoms with E-state index in [0.717, 1.165) is 25.9 Å². The van der Waals surface area contributed by atoms with Gasteiger partial charge < -0.3 is 9.84 Å². The zero-order chi connectivity index (χ0) is 13.1. The zero-order valence-corrected chi connectivity index (χ0v) is 11.4. The SMILES string of the molecule is CCCC(C)(CN1C[C@@H](C)O[C@@H](C)C1)C(=O)O. The van der Waals surface area contributed by atoms with Gasteiger partial charge >= 0.3 is 5.97 Å². The molecule has 0 aliphatic carbocycles. The van der Waals surface area contributed by atoms with Crippen molar-refractivity contribution in [3.8, 4) is 0 Å². The van der Waals surface area contributed by atoms with Gasteiger partial charge in [-0.3, -0.25) is 9.69 Å². The number of morpholine rings is 1. The summed E-state index contributed by atoms with van der Waals surface area (Å²) in [7, 11) is 0. The largest absolute Gasteiger partial charge is 0.481 e. The third-order valence-electron chi connectivity index (χ3n) is 3.39. The van der Waals surface area contributed by atoms with Crippen LogP contribution in [0, 0.1) is 5.41 Å². The number of rotatable bonds is 5. The summed E-state index contributed by atoms with van der Waals surface area (Å²) in [6, 6.07) is 0. The number of carbonyl (C=O) groups is 1. The Morgan fingerprint density at radius 2 is 1.94 bits per heavy atom. The molecular formula is C13H25NO3. The van der Waals surface area contributed by atoms with Gasteiger partial charge in [-0.2, -0.15) is 0 Å². The van der Waals surface area contributed by atoms with Crippen LogP contribution in [0.25, 0.3) is 0 Å². The molecule has 1 rings (SSSR count). The van der Waals surface area contributed by atoms with Crippen LogP contribution in [0.2, 0.25) is 0 Å². The highest BCUT2D eigenvalue weighted by Gasteiger charge is 2.36. The van der Waals surface area contributed by atoms with E-state index < -0.39 is 11.4 Å². The highest BCUT2D eigenvalue weighted by atomic mass is 16.5. The monoisotopic (exact) mass is 243 g/mol. The van der Waals surface area contributed by atoms with E-state index in [0.29, 0.717) is 6.54 Å². The number of hydrogen-bond donors (Lipinski definition) is 1. The Bertz CT molecular complexity index is 259. The maximum atomic E-state index is 11.4. The topological polar surface area (TPSA) is 49.8 Å². The summed E-state index contributed by atoms with van der Waals surface area (Å²) in [5.41, 5.74) is -0.633. The predicted molar refractivity (Wildman–Crippen MR) is 67.1 cm³/mol. The molecule has 0 aromatic heterocycles. The molecule has 0 spiro atoms. The highest BCUT2D eigenvalue weighted by molar-refractivity contribution is 5.74. The summed E-state index contributed by atoms with van der Waals surface area (Å²) in [6.45, 7) is 10.2. The Morgan fingerprint density at radius 1 is 1.41 bits per heavy atom. The molecule has 1 saturated heterocycles. The summed E-state index contributed by atoms with van der Waals surface area (Å²) < 4.78 is 5.66. The summed E-state index contributed by atoms with van der Waals surface area (Å²) >= 11 is 0. The van der Waals surface area contributed by atoms with Crippen LogP contribution in [0.1, 0.15) is 40.5 Å². The van der Waals surface area contributed by atoms with Gasteiger partial charge in [-0.1, -0.05) is 13.3 Å². The first-order valence-corrected chi connectivity index (χ1v) is 6.48. The van der Waals surface area contributed by atoms with Crippen molar-refractivity contribution in [1.82, 2.24) is 4.90 Å². The van der Waals surface area contributed by atoms with E-state index in [-0.39, 0.29) is 12.2 Å². The van der Waals surface area contributed by atoms with Gasteiger partial charge in [0.2, 0.25) is 0 Å². The summed E-state index contributed by atoms with van der Waals surface area (Å²) in [4.78, 5) is 13.6. The maximum Gasteiger partial charge on any atom is 0.310 e. The third-order valence-corrected chi connectivity index (χ3v) is 3.39. The Kier molecular flexibility index (Phi) is 4.95. The fourth-order valence-electron chi connectivity index (χ4n) is 2.71. The van der Waals surface area contributed by atoms with E-state index in [1.165, 1.54) is 0 Å². The lowest BCUT2D eigenvalue weighted by Gasteiger charge is -2.39. The minimum absolute atomic E-state index is 0.193. The molecule has 0 aromatic rings. The van der Waals surface area contributed by atoms with Gasteiger partial charge in [-0.15, -0.1) is 0 Å². The fraction of sp³-hybridized carbons (Fsp3) is 0.923. The molecule has 0 radical (unpaired) electrons. The van der Waals surface area contributed by atoms with Gasteiger partial charge in [0.05, 0.1) is 17.6 Å². The molecule has 17 heavy (non-hydrogen) atoms. The smallest absolute Gasteiger partial charge is 0.310 e. The molecule has 3 atom stereocenters. The fourth-order valence-corrected chi connectivity index (χ4v) is 2.71. The Balaban J connectivity index is 2.63. The molecule has 0 saturated carbocycles. The first-order chi connectivity index (χ1) is 7.87. The van der Waals surface area contributed by atoms with E-state index in [1.54, 1.807) is 0 Å². The Labute approximate surface area is 104 Å². The Morgan fingerprint density at radius 3 is 2.35 bits per heavy atom. The van der Waals surface area contributed by atoms with Crippen LogP contribution < -0.4 is 0 Å². The molecule has 0 amide bonds. The number of carboxylic acid groups (broad SMARTS) is 1. The van der Waals surface area contributed by atoms with Crippen molar-refractivity contribution >= 4 is 5.97 Å². The van der Waals surface area contributed by atoms with Crippen molar-refractivity contribution in [2.24, 2.45) is 5.41 Å². The standard InChI is InChI=1S/C13H25NO3/c1-5-6-13(4,12(15)16)9-14-7-10(2)17-11(3)8-14/h10-11H,5-9H2,1-4H3,(H,15,16)/t10-,11+,13?. The molecule has 1 heterocycles. The van der Waals surface area contributed by atoms with E-state index in [9.17, 15) is 9.90 Å². The van der Waals surface area contributed by atoms with Gasteiger partial charge in [-0.25, -0.2) is 0 Å². The van der Waals surface area contributed by atoms with Gasteiger partial charge in [0.15, 0.2) is 0 Å². The van der Waals surface area contributed by atoms with E-state index in [1.807, 2.05) is 27.7 Å². The van der Waals surface area contributed by atoms with Crippen LogP contribution >= 0.6 is 0 Å². The number of carboxylic acids is 1. The van der Waals surface area contributed by atoms with Gasteiger partial charge in [0, 0.05) is 19.6 Å². The maximum absolute atomic E-state index is 11.4. The lowest BCUT2D eigenvalue weighted by molar-refractivity contribution is -0.152. The van der Waals surface area contributed by atoms with Gasteiger partial charge in [-0.05, 0) is 27.2 Å². The van der Waals surface area contributed by atoms with Crippen LogP contribution in [0.5, 0.6) is 0 Å². The second kappa shape index (κ2) is 5.83. The van der Waals surface area contributed by atoms with E-state index in [4.69, 9.17) is 4.74 Å². The lowest BCUT2D eigenvalue weighted by Crippen LogP contribution is -2.50. The molecule has 0 bridgehead atoms. The van der Waals surface area contributed by atoms with Crippen molar-refractivity contribution in [2.45, 2.75) is 52.7 Å². The molecule has 4 heteroatoms. The minimum atomic E-state index is -0.689. The Hall–Kier alpha value is -0.610. The average molecular weight is 243 g/mol. The normalized spacial score (nSPS) is 29.9. The molecule has 1 N–H and O–H groups in total. The molecule has 1 unspecified atom stereocenters. The van der Waals surface area contributed by atoms with Crippen molar-refractivity contribution in [3.63, 3.8) is 0 Å². The molecule has 0 aromatic carbocycles. The van der Waals surface area contributed by atoms with E-state index in [2.05, 4.69) is 4.90 Å². The minimum Gasteiger partial charge on any atom is -0.481 e. The quantitative estimate of drug-likeness (QED) is 0.802. The van der Waals surface area contributed by atoms with Crippen LogP contribution in [-0.2, 0) is 9.53 Å². The number of ether oxygens (including phenoxy) is 1.